The van der Waals surface area contributed by atoms with E-state index in [-0.39, 0.29) is 0 Å². The van der Waals surface area contributed by atoms with Crippen molar-refractivity contribution in [1.29, 1.82) is 0 Å². The molecule has 0 radical (unpaired) electrons. The summed E-state index contributed by atoms with van der Waals surface area (Å²) in [6.45, 7) is 5.06. The molecule has 0 N–H and O–H groups in total. The van der Waals surface area contributed by atoms with Crippen molar-refractivity contribution in [3.63, 3.8) is 0 Å². The second kappa shape index (κ2) is 4.12. The lowest BCUT2D eigenvalue weighted by Gasteiger charge is -2.58. The lowest BCUT2D eigenvalue weighted by molar-refractivity contribution is -0.0622. The van der Waals surface area contributed by atoms with Crippen molar-refractivity contribution >= 4 is 0 Å². The van der Waals surface area contributed by atoms with Gasteiger partial charge in [0, 0.05) is 0 Å². The first-order valence-corrected chi connectivity index (χ1v) is 8.44. The van der Waals surface area contributed by atoms with Gasteiger partial charge in [0.1, 0.15) is 0 Å². The first-order chi connectivity index (χ1) is 8.75. The predicted molar refractivity (Wildman–Crippen MR) is 76.1 cm³/mol. The number of hydrogen-bond acceptors (Lipinski definition) is 0. The molecule has 3 fully saturated rings. The summed E-state index contributed by atoms with van der Waals surface area (Å²) < 4.78 is 0. The van der Waals surface area contributed by atoms with Crippen LogP contribution >= 0.6 is 0 Å². The molecule has 0 aromatic rings. The van der Waals surface area contributed by atoms with Crippen LogP contribution in [0.25, 0.3) is 0 Å². The van der Waals surface area contributed by atoms with Crippen LogP contribution in [0.4, 0.5) is 0 Å². The normalized spacial score (nSPS) is 58.1. The van der Waals surface area contributed by atoms with Crippen LogP contribution in [0.2, 0.25) is 0 Å². The number of allylic oxidation sites excluding steroid dienone is 2. The average molecular weight is 244 g/mol. The van der Waals surface area contributed by atoms with E-state index in [0.717, 1.165) is 47.3 Å². The van der Waals surface area contributed by atoms with E-state index < -0.39 is 0 Å². The molecule has 0 heterocycles. The molecule has 8 atom stereocenters. The monoisotopic (exact) mass is 244 g/mol. The average Bonchev–Trinajstić information content (AvgIpc) is 2.40. The van der Waals surface area contributed by atoms with Crippen molar-refractivity contribution in [3.05, 3.63) is 12.2 Å². The molecule has 0 aromatic heterocycles. The minimum atomic E-state index is 0.943. The molecule has 4 rings (SSSR count). The van der Waals surface area contributed by atoms with Crippen molar-refractivity contribution in [3.8, 4) is 0 Å². The molecule has 3 saturated carbocycles. The first-order valence-electron chi connectivity index (χ1n) is 8.44. The molecule has 0 nitrogen and oxygen atoms in total. The van der Waals surface area contributed by atoms with Crippen molar-refractivity contribution in [2.24, 2.45) is 47.3 Å². The Kier molecular flexibility index (Phi) is 2.64. The fourth-order valence-corrected chi connectivity index (χ4v) is 6.29. The van der Waals surface area contributed by atoms with Gasteiger partial charge in [0.25, 0.3) is 0 Å². The maximum Gasteiger partial charge on any atom is -0.0174 e. The third-order valence-electron chi connectivity index (χ3n) is 7.21. The van der Waals surface area contributed by atoms with Gasteiger partial charge in [-0.05, 0) is 85.9 Å². The first kappa shape index (κ1) is 11.6. The maximum absolute atomic E-state index is 2.65. The summed E-state index contributed by atoms with van der Waals surface area (Å²) in [4.78, 5) is 0. The van der Waals surface area contributed by atoms with Crippen LogP contribution in [0.15, 0.2) is 12.2 Å². The second-order valence-electron chi connectivity index (χ2n) is 7.89. The molecule has 0 saturated heterocycles. The van der Waals surface area contributed by atoms with Gasteiger partial charge in [0.05, 0.1) is 0 Å². The van der Waals surface area contributed by atoms with Crippen LogP contribution in [0, 0.1) is 47.3 Å². The fourth-order valence-electron chi connectivity index (χ4n) is 6.29. The van der Waals surface area contributed by atoms with Gasteiger partial charge < -0.3 is 0 Å². The molecule has 0 amide bonds. The molecule has 4 aliphatic carbocycles. The van der Waals surface area contributed by atoms with Gasteiger partial charge in [-0.3, -0.25) is 0 Å². The van der Waals surface area contributed by atoms with Crippen LogP contribution < -0.4 is 0 Å². The van der Waals surface area contributed by atoms with Crippen molar-refractivity contribution in [2.45, 2.75) is 52.4 Å². The molecule has 0 aromatic carbocycles. The number of rotatable bonds is 0. The van der Waals surface area contributed by atoms with E-state index in [9.17, 15) is 0 Å². The van der Waals surface area contributed by atoms with Gasteiger partial charge in [-0.25, -0.2) is 0 Å². The van der Waals surface area contributed by atoms with Crippen molar-refractivity contribution in [1.82, 2.24) is 0 Å². The Bertz CT molecular complexity index is 355. The topological polar surface area (TPSA) is 0 Å². The van der Waals surface area contributed by atoms with E-state index in [2.05, 4.69) is 26.0 Å². The molecule has 0 aliphatic heterocycles. The summed E-state index contributed by atoms with van der Waals surface area (Å²) in [5, 5.41) is 0. The highest BCUT2D eigenvalue weighted by Crippen LogP contribution is 2.59. The molecule has 18 heavy (non-hydrogen) atoms. The van der Waals surface area contributed by atoms with Gasteiger partial charge in [0.2, 0.25) is 0 Å². The van der Waals surface area contributed by atoms with Gasteiger partial charge in [0.15, 0.2) is 0 Å². The van der Waals surface area contributed by atoms with Crippen molar-refractivity contribution in [2.75, 3.05) is 0 Å². The van der Waals surface area contributed by atoms with E-state index >= 15 is 0 Å². The quantitative estimate of drug-likeness (QED) is 0.531. The largest absolute Gasteiger partial charge is 0.0848 e. The Labute approximate surface area is 112 Å². The van der Waals surface area contributed by atoms with Crippen molar-refractivity contribution < 1.29 is 0 Å². The fraction of sp³-hybridized carbons (Fsp3) is 0.889. The van der Waals surface area contributed by atoms with Gasteiger partial charge in [-0.2, -0.15) is 0 Å². The Hall–Kier alpha value is -0.260. The molecule has 100 valence electrons. The number of hydrogen-bond donors (Lipinski definition) is 0. The van der Waals surface area contributed by atoms with Crippen LogP contribution in [-0.2, 0) is 0 Å². The van der Waals surface area contributed by atoms with Gasteiger partial charge >= 0.3 is 0 Å². The Morgan fingerprint density at radius 1 is 0.722 bits per heavy atom. The second-order valence-corrected chi connectivity index (χ2v) is 7.89. The molecule has 0 bridgehead atoms. The van der Waals surface area contributed by atoms with Crippen LogP contribution in [0.1, 0.15) is 52.4 Å². The Morgan fingerprint density at radius 3 is 2.39 bits per heavy atom. The third kappa shape index (κ3) is 1.50. The highest BCUT2D eigenvalue weighted by Gasteiger charge is 2.52. The summed E-state index contributed by atoms with van der Waals surface area (Å²) in [6, 6.07) is 0. The summed E-state index contributed by atoms with van der Waals surface area (Å²) >= 11 is 0. The van der Waals surface area contributed by atoms with Gasteiger partial charge in [-0.15, -0.1) is 0 Å². The van der Waals surface area contributed by atoms with Crippen LogP contribution in [0.3, 0.4) is 0 Å². The minimum Gasteiger partial charge on any atom is -0.0848 e. The predicted octanol–water partition coefficient (Wildman–Crippen LogP) is 4.91. The lowest BCUT2D eigenvalue weighted by atomic mass is 9.47. The SMILES string of the molecule is CC1CCC2CCC3C(C)CCC4C=CC1C2C43. The van der Waals surface area contributed by atoms with E-state index in [1.807, 2.05) is 0 Å². The van der Waals surface area contributed by atoms with E-state index in [0.29, 0.717) is 0 Å². The molecule has 8 unspecified atom stereocenters. The zero-order valence-corrected chi connectivity index (χ0v) is 12.0. The van der Waals surface area contributed by atoms with E-state index in [1.54, 1.807) is 19.3 Å². The summed E-state index contributed by atoms with van der Waals surface area (Å²) in [5.74, 6) is 8.18. The molecular formula is C18H28. The molecule has 4 aliphatic rings. The zero-order chi connectivity index (χ0) is 12.3. The van der Waals surface area contributed by atoms with Crippen LogP contribution in [-0.4, -0.2) is 0 Å². The lowest BCUT2D eigenvalue weighted by Crippen LogP contribution is -2.51. The summed E-state index contributed by atoms with van der Waals surface area (Å²) in [6.07, 6.45) is 14.4. The molecular weight excluding hydrogens is 216 g/mol. The van der Waals surface area contributed by atoms with E-state index in [1.165, 1.54) is 19.3 Å². The summed E-state index contributed by atoms with van der Waals surface area (Å²) in [5.41, 5.74) is 0. The maximum atomic E-state index is 2.65. The van der Waals surface area contributed by atoms with Gasteiger partial charge in [-0.1, -0.05) is 26.0 Å². The Balaban J connectivity index is 1.73. The minimum absolute atomic E-state index is 0.943. The highest BCUT2D eigenvalue weighted by molar-refractivity contribution is 5.13. The Morgan fingerprint density at radius 2 is 1.50 bits per heavy atom. The highest BCUT2D eigenvalue weighted by atomic mass is 14.6. The standard InChI is InChI=1S/C18H28/c1-11-3-5-13-8-10-16-12(2)4-6-14-7-9-15(11)17(13)18(14)16/h7,9,11-18H,3-6,8,10H2,1-2H3. The zero-order valence-electron chi connectivity index (χ0n) is 12.0. The summed E-state index contributed by atoms with van der Waals surface area (Å²) in [7, 11) is 0. The molecule has 0 spiro atoms. The molecule has 0 heteroatoms. The van der Waals surface area contributed by atoms with Crippen LogP contribution in [0.5, 0.6) is 0 Å². The smallest absolute Gasteiger partial charge is 0.0174 e. The third-order valence-corrected chi connectivity index (χ3v) is 7.21. The van der Waals surface area contributed by atoms with E-state index in [4.69, 9.17) is 0 Å².